The second-order valence-corrected chi connectivity index (χ2v) is 5.89. The summed E-state index contributed by atoms with van der Waals surface area (Å²) in [5, 5.41) is 0. The van der Waals surface area contributed by atoms with E-state index in [9.17, 15) is 8.42 Å². The van der Waals surface area contributed by atoms with Crippen LogP contribution >= 0.6 is 12.2 Å². The monoisotopic (exact) mass is 251 g/mol. The lowest BCUT2D eigenvalue weighted by atomic mass is 10.2. The van der Waals surface area contributed by atoms with Gasteiger partial charge < -0.3 is 5.73 Å². The van der Waals surface area contributed by atoms with Gasteiger partial charge >= 0.3 is 0 Å². The Balaban J connectivity index is 2.54. The third-order valence-corrected chi connectivity index (χ3v) is 4.03. The Morgan fingerprint density at radius 3 is 2.27 bits per heavy atom. The highest BCUT2D eigenvalue weighted by atomic mass is 32.2. The zero-order chi connectivity index (χ0) is 11.3. The van der Waals surface area contributed by atoms with Crippen LogP contribution in [-0.2, 0) is 10.2 Å². The Morgan fingerprint density at radius 2 is 1.80 bits per heavy atom. The van der Waals surface area contributed by atoms with Gasteiger partial charge in [-0.1, -0.05) is 25.1 Å². The Hall–Kier alpha value is -0.240. The van der Waals surface area contributed by atoms with Crippen LogP contribution < -0.4 is 10.5 Å². The van der Waals surface area contributed by atoms with Crippen molar-refractivity contribution < 1.29 is 8.42 Å². The van der Waals surface area contributed by atoms with Crippen molar-refractivity contribution in [1.29, 1.82) is 0 Å². The molecule has 0 saturated carbocycles. The number of thiocarbonyl (C=S) groups is 1. The van der Waals surface area contributed by atoms with E-state index in [1.165, 1.54) is 4.31 Å². The average Bonchev–Trinajstić information content (AvgIpc) is 2.43. The summed E-state index contributed by atoms with van der Waals surface area (Å²) in [6.07, 6.45) is 4.05. The molecule has 88 valence electrons. The van der Waals surface area contributed by atoms with E-state index in [0.717, 1.165) is 25.7 Å². The molecule has 0 unspecified atom stereocenters. The predicted molar refractivity (Wildman–Crippen MR) is 63.7 cm³/mol. The van der Waals surface area contributed by atoms with E-state index in [2.05, 4.69) is 16.9 Å². The fourth-order valence-electron chi connectivity index (χ4n) is 1.54. The van der Waals surface area contributed by atoms with Crippen molar-refractivity contribution in [3.05, 3.63) is 0 Å². The van der Waals surface area contributed by atoms with Crippen molar-refractivity contribution in [2.24, 2.45) is 5.73 Å². The minimum absolute atomic E-state index is 0.0359. The molecule has 0 radical (unpaired) electrons. The molecular formula is C8H17N3O2S2. The molecule has 1 fully saturated rings. The lowest BCUT2D eigenvalue weighted by Gasteiger charge is -2.19. The Bertz CT molecular complexity index is 308. The van der Waals surface area contributed by atoms with E-state index in [1.807, 2.05) is 0 Å². The quantitative estimate of drug-likeness (QED) is 0.689. The van der Waals surface area contributed by atoms with Crippen molar-refractivity contribution in [3.63, 3.8) is 0 Å². The maximum Gasteiger partial charge on any atom is 0.279 e. The lowest BCUT2D eigenvalue weighted by molar-refractivity contribution is 0.417. The summed E-state index contributed by atoms with van der Waals surface area (Å²) in [4.78, 5) is 0.161. The fraction of sp³-hybridized carbons (Fsp3) is 0.875. The number of nitrogens with two attached hydrogens (primary N) is 1. The first-order chi connectivity index (χ1) is 7.02. The van der Waals surface area contributed by atoms with Crippen LogP contribution in [0.4, 0.5) is 0 Å². The van der Waals surface area contributed by atoms with E-state index in [4.69, 9.17) is 5.73 Å². The lowest BCUT2D eigenvalue weighted by Crippen LogP contribution is -2.43. The molecule has 1 aliphatic rings. The van der Waals surface area contributed by atoms with E-state index in [1.54, 1.807) is 0 Å². The van der Waals surface area contributed by atoms with Crippen LogP contribution in [0.25, 0.3) is 0 Å². The molecule has 1 aliphatic heterocycles. The minimum atomic E-state index is -3.39. The molecule has 0 bridgehead atoms. The third kappa shape index (κ3) is 4.42. The third-order valence-electron chi connectivity index (χ3n) is 2.33. The van der Waals surface area contributed by atoms with Crippen LogP contribution in [0, 0.1) is 0 Å². The van der Waals surface area contributed by atoms with Gasteiger partial charge in [0, 0.05) is 13.1 Å². The highest BCUT2D eigenvalue weighted by molar-refractivity contribution is 7.87. The van der Waals surface area contributed by atoms with Crippen LogP contribution in [0.5, 0.6) is 0 Å². The molecule has 0 atom stereocenters. The molecule has 1 rings (SSSR count). The summed E-state index contributed by atoms with van der Waals surface area (Å²) in [5.41, 5.74) is 5.25. The Morgan fingerprint density at radius 1 is 1.27 bits per heavy atom. The van der Waals surface area contributed by atoms with Crippen LogP contribution in [0.3, 0.4) is 0 Å². The van der Waals surface area contributed by atoms with Crippen molar-refractivity contribution in [2.75, 3.05) is 19.6 Å². The second kappa shape index (κ2) is 5.74. The maximum atomic E-state index is 11.7. The summed E-state index contributed by atoms with van der Waals surface area (Å²) in [7, 11) is -3.39. The van der Waals surface area contributed by atoms with Crippen LogP contribution in [0.15, 0.2) is 0 Å². The molecule has 0 aromatic rings. The van der Waals surface area contributed by atoms with Crippen molar-refractivity contribution in [2.45, 2.75) is 25.7 Å². The zero-order valence-corrected chi connectivity index (χ0v) is 10.2. The molecule has 5 nitrogen and oxygen atoms in total. The van der Waals surface area contributed by atoms with Gasteiger partial charge in [-0.05, 0) is 12.8 Å². The molecule has 15 heavy (non-hydrogen) atoms. The van der Waals surface area contributed by atoms with Crippen molar-refractivity contribution in [3.8, 4) is 0 Å². The van der Waals surface area contributed by atoms with E-state index in [-0.39, 0.29) is 11.5 Å². The SMILES string of the molecule is NC(=S)CNS(=O)(=O)N1CCCCCC1. The van der Waals surface area contributed by atoms with Gasteiger partial charge in [0.25, 0.3) is 10.2 Å². The fourth-order valence-corrected chi connectivity index (χ4v) is 2.96. The van der Waals surface area contributed by atoms with Gasteiger partial charge in [0.1, 0.15) is 0 Å². The van der Waals surface area contributed by atoms with Gasteiger partial charge in [0.15, 0.2) is 0 Å². The summed E-state index contributed by atoms with van der Waals surface area (Å²) in [6.45, 7) is 1.22. The number of nitrogens with one attached hydrogen (secondary N) is 1. The van der Waals surface area contributed by atoms with Gasteiger partial charge in [-0.25, -0.2) is 0 Å². The van der Waals surface area contributed by atoms with Gasteiger partial charge in [0.05, 0.1) is 11.5 Å². The number of nitrogens with zero attached hydrogens (tertiary/aromatic N) is 1. The van der Waals surface area contributed by atoms with Gasteiger partial charge in [-0.2, -0.15) is 17.4 Å². The molecule has 3 N–H and O–H groups in total. The topological polar surface area (TPSA) is 75.4 Å². The molecular weight excluding hydrogens is 234 g/mol. The van der Waals surface area contributed by atoms with Gasteiger partial charge in [0.2, 0.25) is 0 Å². The molecule has 0 aromatic carbocycles. The highest BCUT2D eigenvalue weighted by Gasteiger charge is 2.22. The standard InChI is InChI=1S/C8H17N3O2S2/c9-8(14)7-10-15(12,13)11-5-3-1-2-4-6-11/h10H,1-7H2,(H2,9,14). The van der Waals surface area contributed by atoms with Crippen LogP contribution in [0.2, 0.25) is 0 Å². The van der Waals surface area contributed by atoms with Crippen molar-refractivity contribution >= 4 is 27.4 Å². The average molecular weight is 251 g/mol. The predicted octanol–water partition coefficient (Wildman–Crippen LogP) is -0.0171. The second-order valence-electron chi connectivity index (χ2n) is 3.61. The summed E-state index contributed by atoms with van der Waals surface area (Å²) in [5.74, 6) is 0. The van der Waals surface area contributed by atoms with E-state index < -0.39 is 10.2 Å². The van der Waals surface area contributed by atoms with Crippen molar-refractivity contribution in [1.82, 2.24) is 9.03 Å². The highest BCUT2D eigenvalue weighted by Crippen LogP contribution is 2.11. The zero-order valence-electron chi connectivity index (χ0n) is 8.61. The Labute approximate surface area is 96.2 Å². The Kier molecular flexibility index (Phi) is 4.91. The van der Waals surface area contributed by atoms with E-state index >= 15 is 0 Å². The first kappa shape index (κ1) is 12.8. The molecule has 0 aliphatic carbocycles. The largest absolute Gasteiger partial charge is 0.392 e. The molecule has 1 saturated heterocycles. The molecule has 7 heteroatoms. The number of hydrogen-bond acceptors (Lipinski definition) is 3. The van der Waals surface area contributed by atoms with Crippen LogP contribution in [-0.4, -0.2) is 37.3 Å². The van der Waals surface area contributed by atoms with Crippen LogP contribution in [0.1, 0.15) is 25.7 Å². The molecule has 0 amide bonds. The molecule has 0 spiro atoms. The summed E-state index contributed by atoms with van der Waals surface area (Å²) >= 11 is 4.62. The first-order valence-corrected chi connectivity index (χ1v) is 6.90. The summed E-state index contributed by atoms with van der Waals surface area (Å²) in [6, 6.07) is 0. The van der Waals surface area contributed by atoms with Gasteiger partial charge in [-0.15, -0.1) is 0 Å². The summed E-state index contributed by atoms with van der Waals surface area (Å²) < 4.78 is 27.3. The first-order valence-electron chi connectivity index (χ1n) is 5.05. The number of hydrogen-bond donors (Lipinski definition) is 2. The normalized spacial score (nSPS) is 19.7. The number of rotatable bonds is 4. The maximum absolute atomic E-state index is 11.7. The molecule has 0 aromatic heterocycles. The minimum Gasteiger partial charge on any atom is -0.392 e. The van der Waals surface area contributed by atoms with Gasteiger partial charge in [-0.3, -0.25) is 0 Å². The molecule has 1 heterocycles. The van der Waals surface area contributed by atoms with E-state index in [0.29, 0.717) is 13.1 Å². The smallest absolute Gasteiger partial charge is 0.279 e.